The Labute approximate surface area is 141 Å². The molecule has 3 rings (SSSR count). The highest BCUT2D eigenvalue weighted by Gasteiger charge is 2.29. The van der Waals surface area contributed by atoms with Crippen molar-refractivity contribution in [2.75, 3.05) is 26.8 Å². The lowest BCUT2D eigenvalue weighted by Gasteiger charge is -2.37. The van der Waals surface area contributed by atoms with Gasteiger partial charge in [0.1, 0.15) is 5.75 Å². The number of ether oxygens (including phenoxy) is 2. The third-order valence-corrected chi connectivity index (χ3v) is 4.38. The smallest absolute Gasteiger partial charge is 0.254 e. The zero-order valence-electron chi connectivity index (χ0n) is 14.1. The summed E-state index contributed by atoms with van der Waals surface area (Å²) in [5.74, 6) is 0.674. The number of benzene rings is 2. The van der Waals surface area contributed by atoms with Gasteiger partial charge >= 0.3 is 0 Å². The Morgan fingerprint density at radius 1 is 1.29 bits per heavy atom. The Balaban J connectivity index is 1.96. The van der Waals surface area contributed by atoms with Gasteiger partial charge in [-0.2, -0.15) is 0 Å². The van der Waals surface area contributed by atoms with E-state index in [4.69, 9.17) is 14.6 Å². The fraction of sp³-hybridized carbons (Fsp3) is 0.421. The van der Waals surface area contributed by atoms with Gasteiger partial charge in [-0.25, -0.2) is 0 Å². The van der Waals surface area contributed by atoms with Crippen molar-refractivity contribution in [2.24, 2.45) is 0 Å². The van der Waals surface area contributed by atoms with Crippen molar-refractivity contribution in [2.45, 2.75) is 25.6 Å². The molecule has 2 aromatic carbocycles. The number of carbonyl (C=O) groups is 1. The first-order valence-electron chi connectivity index (χ1n) is 8.25. The van der Waals surface area contributed by atoms with Crippen molar-refractivity contribution in [3.05, 3.63) is 42.0 Å². The summed E-state index contributed by atoms with van der Waals surface area (Å²) < 4.78 is 11.3. The van der Waals surface area contributed by atoms with Crippen molar-refractivity contribution in [1.29, 1.82) is 0 Å². The molecule has 1 N–H and O–H groups in total. The first kappa shape index (κ1) is 16.7. The fourth-order valence-electron chi connectivity index (χ4n) is 3.34. The number of hydrogen-bond acceptors (Lipinski definition) is 4. The van der Waals surface area contributed by atoms with Crippen molar-refractivity contribution in [1.82, 2.24) is 4.90 Å². The minimum absolute atomic E-state index is 0.0248. The largest absolute Gasteiger partial charge is 0.496 e. The molecule has 1 fully saturated rings. The lowest BCUT2D eigenvalue weighted by Crippen LogP contribution is -2.49. The van der Waals surface area contributed by atoms with Crippen LogP contribution in [0.2, 0.25) is 0 Å². The van der Waals surface area contributed by atoms with E-state index in [0.717, 1.165) is 10.8 Å². The molecule has 24 heavy (non-hydrogen) atoms. The molecule has 1 aliphatic heterocycles. The summed E-state index contributed by atoms with van der Waals surface area (Å²) in [6, 6.07) is 11.5. The molecule has 2 aromatic rings. The van der Waals surface area contributed by atoms with E-state index in [1.165, 1.54) is 0 Å². The van der Waals surface area contributed by atoms with Crippen molar-refractivity contribution in [3.63, 3.8) is 0 Å². The fourth-order valence-corrected chi connectivity index (χ4v) is 3.34. The van der Waals surface area contributed by atoms with Crippen LogP contribution in [-0.4, -0.2) is 54.9 Å². The summed E-state index contributed by atoms with van der Waals surface area (Å²) in [5, 5.41) is 11.0. The highest BCUT2D eigenvalue weighted by atomic mass is 16.5. The molecule has 1 heterocycles. The number of fused-ring (bicyclic) bond motifs is 1. The molecule has 128 valence electrons. The van der Waals surface area contributed by atoms with Crippen LogP contribution in [0.25, 0.3) is 10.8 Å². The van der Waals surface area contributed by atoms with Gasteiger partial charge < -0.3 is 19.5 Å². The van der Waals surface area contributed by atoms with E-state index >= 15 is 0 Å². The van der Waals surface area contributed by atoms with Crippen LogP contribution in [-0.2, 0) is 4.74 Å². The molecule has 1 amide bonds. The van der Waals surface area contributed by atoms with Crippen molar-refractivity contribution in [3.8, 4) is 5.75 Å². The Kier molecular flexibility index (Phi) is 5.02. The number of hydrogen-bond donors (Lipinski definition) is 1. The topological polar surface area (TPSA) is 59.0 Å². The molecule has 1 saturated heterocycles. The van der Waals surface area contributed by atoms with Gasteiger partial charge in [-0.15, -0.1) is 0 Å². The van der Waals surface area contributed by atoms with Crippen molar-refractivity contribution < 1.29 is 19.4 Å². The second kappa shape index (κ2) is 7.20. The van der Waals surface area contributed by atoms with Crippen molar-refractivity contribution >= 4 is 16.7 Å². The quantitative estimate of drug-likeness (QED) is 0.936. The van der Waals surface area contributed by atoms with Crippen LogP contribution in [0.3, 0.4) is 0 Å². The van der Waals surface area contributed by atoms with Gasteiger partial charge in [0.05, 0.1) is 24.9 Å². The molecule has 2 unspecified atom stereocenters. The Bertz CT molecular complexity index is 725. The maximum Gasteiger partial charge on any atom is 0.254 e. The number of aliphatic hydroxyl groups is 1. The molecule has 0 bridgehead atoms. The molecule has 0 saturated carbocycles. The first-order chi connectivity index (χ1) is 11.6. The average molecular weight is 329 g/mol. The molecule has 0 radical (unpaired) electrons. The lowest BCUT2D eigenvalue weighted by atomic mass is 10.0. The summed E-state index contributed by atoms with van der Waals surface area (Å²) in [5.41, 5.74) is 0.641. The van der Waals surface area contributed by atoms with E-state index in [9.17, 15) is 4.79 Å². The van der Waals surface area contributed by atoms with E-state index in [0.29, 0.717) is 30.8 Å². The van der Waals surface area contributed by atoms with E-state index in [1.54, 1.807) is 7.11 Å². The summed E-state index contributed by atoms with van der Waals surface area (Å²) in [4.78, 5) is 14.9. The van der Waals surface area contributed by atoms with Crippen LogP contribution >= 0.6 is 0 Å². The number of rotatable bonds is 4. The molecule has 0 aromatic heterocycles. The lowest BCUT2D eigenvalue weighted by molar-refractivity contribution is -0.0743. The Morgan fingerprint density at radius 3 is 2.75 bits per heavy atom. The minimum atomic E-state index is -0.125. The SMILES string of the molecule is COc1cccc2cccc(C(=O)N3CC(C)OC(CCO)C3)c12. The van der Waals surface area contributed by atoms with Crippen LogP contribution < -0.4 is 4.74 Å². The maximum atomic E-state index is 13.1. The number of carbonyl (C=O) groups excluding carboxylic acids is 1. The Morgan fingerprint density at radius 2 is 2.04 bits per heavy atom. The highest BCUT2D eigenvalue weighted by Crippen LogP contribution is 2.30. The molecule has 0 spiro atoms. The van der Waals surface area contributed by atoms with E-state index < -0.39 is 0 Å². The Hall–Kier alpha value is -2.11. The number of morpholine rings is 1. The minimum Gasteiger partial charge on any atom is -0.496 e. The van der Waals surface area contributed by atoms with E-state index in [2.05, 4.69) is 0 Å². The van der Waals surface area contributed by atoms with Crippen LogP contribution in [0.15, 0.2) is 36.4 Å². The number of aliphatic hydroxyl groups excluding tert-OH is 1. The van der Waals surface area contributed by atoms with Crippen LogP contribution in [0, 0.1) is 0 Å². The number of methoxy groups -OCH3 is 1. The molecular weight excluding hydrogens is 306 g/mol. The van der Waals surface area contributed by atoms with Gasteiger partial charge in [-0.1, -0.05) is 24.3 Å². The molecular formula is C19H23NO4. The second-order valence-electron chi connectivity index (χ2n) is 6.16. The summed E-state index contributed by atoms with van der Waals surface area (Å²) in [6.07, 6.45) is 0.364. The number of amides is 1. The normalized spacial score (nSPS) is 21.0. The highest BCUT2D eigenvalue weighted by molar-refractivity contribution is 6.09. The van der Waals surface area contributed by atoms with Gasteiger partial charge in [-0.05, 0) is 30.9 Å². The van der Waals surface area contributed by atoms with Gasteiger partial charge in [0.2, 0.25) is 0 Å². The molecule has 5 heteroatoms. The van der Waals surface area contributed by atoms with Crippen LogP contribution in [0.4, 0.5) is 0 Å². The first-order valence-corrected chi connectivity index (χ1v) is 8.25. The van der Waals surface area contributed by atoms with Gasteiger partial charge in [0.25, 0.3) is 5.91 Å². The van der Waals surface area contributed by atoms with E-state index in [1.807, 2.05) is 48.2 Å². The molecule has 1 aliphatic rings. The summed E-state index contributed by atoms with van der Waals surface area (Å²) in [6.45, 7) is 3.05. The second-order valence-corrected chi connectivity index (χ2v) is 6.16. The molecule has 0 aliphatic carbocycles. The zero-order valence-corrected chi connectivity index (χ0v) is 14.1. The average Bonchev–Trinajstić information content (AvgIpc) is 2.59. The van der Waals surface area contributed by atoms with Gasteiger partial charge in [0, 0.05) is 25.1 Å². The van der Waals surface area contributed by atoms with Crippen LogP contribution in [0.1, 0.15) is 23.7 Å². The summed E-state index contributed by atoms with van der Waals surface area (Å²) >= 11 is 0. The third kappa shape index (κ3) is 3.23. The maximum absolute atomic E-state index is 13.1. The monoisotopic (exact) mass is 329 g/mol. The zero-order chi connectivity index (χ0) is 17.1. The molecule has 2 atom stereocenters. The van der Waals surface area contributed by atoms with Gasteiger partial charge in [-0.3, -0.25) is 4.79 Å². The van der Waals surface area contributed by atoms with Crippen LogP contribution in [0.5, 0.6) is 5.75 Å². The third-order valence-electron chi connectivity index (χ3n) is 4.38. The van der Waals surface area contributed by atoms with E-state index in [-0.39, 0.29) is 24.7 Å². The summed E-state index contributed by atoms with van der Waals surface area (Å²) in [7, 11) is 1.62. The number of nitrogens with zero attached hydrogens (tertiary/aromatic N) is 1. The van der Waals surface area contributed by atoms with Gasteiger partial charge in [0.15, 0.2) is 0 Å². The molecule has 5 nitrogen and oxygen atoms in total. The standard InChI is InChI=1S/C19H23NO4/c1-13-11-20(12-15(24-13)9-10-21)19(22)16-7-3-5-14-6-4-8-17(23-2)18(14)16/h3-8,13,15,21H,9-12H2,1-2H3. The predicted molar refractivity (Wildman–Crippen MR) is 92.4 cm³/mol. The predicted octanol–water partition coefficient (Wildman–Crippen LogP) is 2.46.